The first-order valence-electron chi connectivity index (χ1n) is 8.42. The van der Waals surface area contributed by atoms with E-state index < -0.39 is 0 Å². The highest BCUT2D eigenvalue weighted by molar-refractivity contribution is 6.31. The van der Waals surface area contributed by atoms with E-state index in [4.69, 9.17) is 25.5 Å². The lowest BCUT2D eigenvalue weighted by atomic mass is 10.2. The third-order valence-electron chi connectivity index (χ3n) is 4.22. The zero-order chi connectivity index (χ0) is 17.6. The maximum Gasteiger partial charge on any atom is 0.223 e. The van der Waals surface area contributed by atoms with Crippen molar-refractivity contribution in [3.8, 4) is 5.75 Å². The number of carbonyl (C=O) groups is 1. The topological polar surface area (TPSA) is 51.9 Å². The second-order valence-electron chi connectivity index (χ2n) is 6.13. The van der Waals surface area contributed by atoms with Gasteiger partial charge in [-0.2, -0.15) is 0 Å². The molecule has 1 aromatic heterocycles. The highest BCUT2D eigenvalue weighted by atomic mass is 35.5. The molecule has 1 aromatic carbocycles. The van der Waals surface area contributed by atoms with Crippen LogP contribution in [0.4, 0.5) is 0 Å². The van der Waals surface area contributed by atoms with Gasteiger partial charge in [-0.15, -0.1) is 0 Å². The van der Waals surface area contributed by atoms with E-state index in [0.29, 0.717) is 39.1 Å². The zero-order valence-electron chi connectivity index (χ0n) is 14.2. The Bertz CT molecular complexity index is 701. The summed E-state index contributed by atoms with van der Waals surface area (Å²) >= 11 is 6.02. The maximum atomic E-state index is 12.4. The van der Waals surface area contributed by atoms with E-state index in [-0.39, 0.29) is 12.0 Å². The molecule has 0 saturated carbocycles. The fraction of sp³-hybridized carbons (Fsp3) is 0.421. The van der Waals surface area contributed by atoms with E-state index >= 15 is 0 Å². The normalized spacial score (nSPS) is 17.5. The lowest BCUT2D eigenvalue weighted by molar-refractivity contribution is -0.139. The number of morpholine rings is 1. The summed E-state index contributed by atoms with van der Waals surface area (Å²) in [6, 6.07) is 9.28. The smallest absolute Gasteiger partial charge is 0.223 e. The summed E-state index contributed by atoms with van der Waals surface area (Å²) in [5.41, 5.74) is 0.971. The second-order valence-corrected chi connectivity index (χ2v) is 6.54. The van der Waals surface area contributed by atoms with Crippen LogP contribution < -0.4 is 4.74 Å². The zero-order valence-corrected chi connectivity index (χ0v) is 15.0. The molecule has 1 atom stereocenters. The van der Waals surface area contributed by atoms with Gasteiger partial charge in [-0.1, -0.05) is 11.6 Å². The molecule has 3 rings (SSSR count). The van der Waals surface area contributed by atoms with Gasteiger partial charge in [-0.05, 0) is 42.8 Å². The molecule has 1 aliphatic rings. The number of carbonyl (C=O) groups excluding carboxylic acids is 1. The van der Waals surface area contributed by atoms with Gasteiger partial charge >= 0.3 is 0 Å². The van der Waals surface area contributed by atoms with Crippen molar-refractivity contribution in [1.82, 2.24) is 4.90 Å². The van der Waals surface area contributed by atoms with Crippen LogP contribution in [0.3, 0.4) is 0 Å². The molecule has 1 fully saturated rings. The maximum absolute atomic E-state index is 12.4. The minimum absolute atomic E-state index is 0.118. The Hall–Kier alpha value is -1.98. The van der Waals surface area contributed by atoms with Gasteiger partial charge in [0, 0.05) is 24.4 Å². The molecular formula is C19H22ClNO4. The quantitative estimate of drug-likeness (QED) is 0.788. The molecular weight excluding hydrogens is 342 g/mol. The predicted molar refractivity (Wildman–Crippen MR) is 95.0 cm³/mol. The largest absolute Gasteiger partial charge is 0.491 e. The summed E-state index contributed by atoms with van der Waals surface area (Å²) in [5, 5.41) is 0.717. The van der Waals surface area contributed by atoms with Crippen LogP contribution in [0.25, 0.3) is 0 Å². The molecule has 5 nitrogen and oxygen atoms in total. The average molecular weight is 364 g/mol. The lowest BCUT2D eigenvalue weighted by Gasteiger charge is -2.33. The molecule has 0 aliphatic carbocycles. The van der Waals surface area contributed by atoms with Crippen molar-refractivity contribution in [2.75, 3.05) is 26.3 Å². The summed E-state index contributed by atoms with van der Waals surface area (Å²) in [6.45, 7) is 4.03. The van der Waals surface area contributed by atoms with Crippen LogP contribution in [0.1, 0.15) is 17.7 Å². The Labute approximate surface area is 152 Å². The van der Waals surface area contributed by atoms with Crippen LogP contribution in [-0.4, -0.2) is 43.2 Å². The van der Waals surface area contributed by atoms with Crippen molar-refractivity contribution >= 4 is 17.5 Å². The molecule has 134 valence electrons. The van der Waals surface area contributed by atoms with Crippen molar-refractivity contribution in [3.63, 3.8) is 0 Å². The Morgan fingerprint density at radius 1 is 1.40 bits per heavy atom. The van der Waals surface area contributed by atoms with Crippen LogP contribution in [-0.2, 0) is 16.0 Å². The van der Waals surface area contributed by atoms with E-state index in [1.807, 2.05) is 42.2 Å². The highest BCUT2D eigenvalue weighted by Crippen LogP contribution is 2.21. The number of ether oxygens (including phenoxy) is 2. The second kappa shape index (κ2) is 8.41. The highest BCUT2D eigenvalue weighted by Gasteiger charge is 2.24. The number of hydrogen-bond acceptors (Lipinski definition) is 4. The molecule has 1 amide bonds. The standard InChI is InChI=1S/C19H22ClNO4/c1-14-11-16(4-6-18(14)20)25-13-17-12-21(8-10-24-17)19(22)7-5-15-3-2-9-23-15/h2-4,6,9,11,17H,5,7-8,10,12-13H2,1H3. The fourth-order valence-corrected chi connectivity index (χ4v) is 2.90. The molecule has 2 aromatic rings. The Balaban J connectivity index is 1.47. The third-order valence-corrected chi connectivity index (χ3v) is 4.65. The molecule has 0 spiro atoms. The van der Waals surface area contributed by atoms with E-state index in [9.17, 15) is 4.79 Å². The Morgan fingerprint density at radius 2 is 2.28 bits per heavy atom. The van der Waals surface area contributed by atoms with Crippen molar-refractivity contribution in [1.29, 1.82) is 0 Å². The summed E-state index contributed by atoms with van der Waals surface area (Å²) in [4.78, 5) is 14.2. The molecule has 1 aliphatic heterocycles. The van der Waals surface area contributed by atoms with Crippen LogP contribution in [0.15, 0.2) is 41.0 Å². The number of rotatable bonds is 6. The summed E-state index contributed by atoms with van der Waals surface area (Å²) in [6.07, 6.45) is 2.56. The van der Waals surface area contributed by atoms with Gasteiger partial charge in [-0.3, -0.25) is 4.79 Å². The van der Waals surface area contributed by atoms with Gasteiger partial charge in [0.15, 0.2) is 0 Å². The van der Waals surface area contributed by atoms with Crippen LogP contribution >= 0.6 is 11.6 Å². The van der Waals surface area contributed by atoms with E-state index in [1.165, 1.54) is 0 Å². The molecule has 0 radical (unpaired) electrons. The number of benzene rings is 1. The molecule has 0 N–H and O–H groups in total. The van der Waals surface area contributed by atoms with Crippen LogP contribution in [0, 0.1) is 6.92 Å². The van der Waals surface area contributed by atoms with Crippen LogP contribution in [0.2, 0.25) is 5.02 Å². The van der Waals surface area contributed by atoms with Gasteiger partial charge in [-0.25, -0.2) is 0 Å². The Kier molecular flexibility index (Phi) is 6.00. The third kappa shape index (κ3) is 5.00. The molecule has 1 saturated heterocycles. The summed E-state index contributed by atoms with van der Waals surface area (Å²) < 4.78 is 16.8. The van der Waals surface area contributed by atoms with Crippen molar-refractivity contribution in [3.05, 3.63) is 52.9 Å². The van der Waals surface area contributed by atoms with Crippen molar-refractivity contribution in [2.45, 2.75) is 25.9 Å². The van der Waals surface area contributed by atoms with Gasteiger partial charge in [0.2, 0.25) is 5.91 Å². The molecule has 1 unspecified atom stereocenters. The van der Waals surface area contributed by atoms with E-state index in [1.54, 1.807) is 6.26 Å². The van der Waals surface area contributed by atoms with Gasteiger partial charge in [0.05, 0.1) is 19.4 Å². The summed E-state index contributed by atoms with van der Waals surface area (Å²) in [5.74, 6) is 1.71. The van der Waals surface area contributed by atoms with E-state index in [0.717, 1.165) is 22.1 Å². The van der Waals surface area contributed by atoms with E-state index in [2.05, 4.69) is 0 Å². The predicted octanol–water partition coefficient (Wildman–Crippen LogP) is 3.48. The molecule has 0 bridgehead atoms. The number of halogens is 1. The minimum Gasteiger partial charge on any atom is -0.491 e. The monoisotopic (exact) mass is 363 g/mol. The first kappa shape index (κ1) is 17.8. The minimum atomic E-state index is -0.128. The number of aryl methyl sites for hydroxylation is 2. The number of furan rings is 1. The van der Waals surface area contributed by atoms with Gasteiger partial charge < -0.3 is 18.8 Å². The molecule has 25 heavy (non-hydrogen) atoms. The summed E-state index contributed by atoms with van der Waals surface area (Å²) in [7, 11) is 0. The van der Waals surface area contributed by atoms with Gasteiger partial charge in [0.1, 0.15) is 24.2 Å². The van der Waals surface area contributed by atoms with Crippen molar-refractivity contribution in [2.24, 2.45) is 0 Å². The first-order valence-corrected chi connectivity index (χ1v) is 8.80. The Morgan fingerprint density at radius 3 is 3.04 bits per heavy atom. The number of amides is 1. The first-order chi connectivity index (χ1) is 12.1. The molecule has 6 heteroatoms. The molecule has 2 heterocycles. The van der Waals surface area contributed by atoms with Crippen molar-refractivity contribution < 1.29 is 18.7 Å². The number of nitrogens with zero attached hydrogens (tertiary/aromatic N) is 1. The SMILES string of the molecule is Cc1cc(OCC2CN(C(=O)CCc3ccco3)CCO2)ccc1Cl. The lowest BCUT2D eigenvalue weighted by Crippen LogP contribution is -2.47. The van der Waals surface area contributed by atoms with Crippen LogP contribution in [0.5, 0.6) is 5.75 Å². The fourth-order valence-electron chi connectivity index (χ4n) is 2.79. The van der Waals surface area contributed by atoms with Gasteiger partial charge in [0.25, 0.3) is 0 Å². The average Bonchev–Trinajstić information content (AvgIpc) is 3.14. The number of hydrogen-bond donors (Lipinski definition) is 0.